The third-order valence-electron chi connectivity index (χ3n) is 0.553. The summed E-state index contributed by atoms with van der Waals surface area (Å²) in [6, 6.07) is 0. The van der Waals surface area contributed by atoms with Crippen LogP contribution < -0.4 is 0 Å². The van der Waals surface area contributed by atoms with E-state index < -0.39 is 0 Å². The fraction of sp³-hybridized carbons (Fsp3) is 1.00. The standard InChI is InChI=1S/C4H11AsO/c1-6-4-2-3-5/h2-5H2,1H3. The molecular weight excluding hydrogens is 139 g/mol. The summed E-state index contributed by atoms with van der Waals surface area (Å²) in [7, 11) is 1.74. The molecule has 1 unspecified atom stereocenters. The predicted molar refractivity (Wildman–Crippen MR) is 29.8 cm³/mol. The monoisotopic (exact) mass is 150 g/mol. The number of ether oxygens (including phenoxy) is 1. The SMILES string of the molecule is COCCC[AsH2]. The zero-order valence-electron chi connectivity index (χ0n) is 4.11. The van der Waals surface area contributed by atoms with Crippen LogP contribution in [0.5, 0.6) is 0 Å². The average molecular weight is 150 g/mol. The Kier molecular flexibility index (Phi) is 6.00. The minimum atomic E-state index is 0.929. The predicted octanol–water partition coefficient (Wildman–Crippen LogP) is 0.0743. The second kappa shape index (κ2) is 5.52. The van der Waals surface area contributed by atoms with Gasteiger partial charge in [0.2, 0.25) is 0 Å². The minimum absolute atomic E-state index is 0.929. The van der Waals surface area contributed by atoms with Crippen LogP contribution in [0.1, 0.15) is 6.42 Å². The van der Waals surface area contributed by atoms with Crippen LogP contribution in [0.4, 0.5) is 0 Å². The molecule has 0 aliphatic carbocycles. The van der Waals surface area contributed by atoms with Gasteiger partial charge in [-0.2, -0.15) is 0 Å². The molecule has 2 heteroatoms. The molecule has 0 fully saturated rings. The first-order chi connectivity index (χ1) is 2.91. The Balaban J connectivity index is 2.34. The molecular formula is C4H11AsO. The Morgan fingerprint density at radius 3 is 2.50 bits per heavy atom. The molecule has 0 spiro atoms. The van der Waals surface area contributed by atoms with Crippen LogP contribution in [-0.2, 0) is 4.74 Å². The van der Waals surface area contributed by atoms with E-state index in [0.29, 0.717) is 0 Å². The Labute approximate surface area is 47.6 Å². The summed E-state index contributed by atoms with van der Waals surface area (Å²) in [5.74, 6) is 0. The van der Waals surface area contributed by atoms with E-state index >= 15 is 0 Å². The van der Waals surface area contributed by atoms with E-state index in [4.69, 9.17) is 4.74 Å². The van der Waals surface area contributed by atoms with Crippen molar-refractivity contribution in [3.63, 3.8) is 0 Å². The molecule has 38 valence electrons. The molecule has 0 aliphatic rings. The van der Waals surface area contributed by atoms with E-state index in [0.717, 1.165) is 6.61 Å². The molecule has 0 heterocycles. The molecule has 6 heavy (non-hydrogen) atoms. The van der Waals surface area contributed by atoms with Crippen LogP contribution in [0.15, 0.2) is 0 Å². The van der Waals surface area contributed by atoms with Gasteiger partial charge in [-0.25, -0.2) is 0 Å². The zero-order chi connectivity index (χ0) is 4.83. The van der Waals surface area contributed by atoms with Gasteiger partial charge in [0, 0.05) is 0 Å². The maximum atomic E-state index is 4.79. The van der Waals surface area contributed by atoms with Crippen molar-refractivity contribution in [2.45, 2.75) is 11.6 Å². The summed E-state index contributed by atoms with van der Waals surface area (Å²) in [5.41, 5.74) is 0. The second-order valence-electron chi connectivity index (χ2n) is 1.14. The Hall–Kier alpha value is 0.518. The van der Waals surface area contributed by atoms with Gasteiger partial charge in [0.15, 0.2) is 0 Å². The van der Waals surface area contributed by atoms with Crippen molar-refractivity contribution >= 4 is 16.9 Å². The fourth-order valence-electron chi connectivity index (χ4n) is 0.228. The van der Waals surface area contributed by atoms with E-state index in [-0.39, 0.29) is 0 Å². The van der Waals surface area contributed by atoms with Crippen molar-refractivity contribution in [3.8, 4) is 0 Å². The van der Waals surface area contributed by atoms with E-state index in [1.165, 1.54) is 11.6 Å². The third-order valence-corrected chi connectivity index (χ3v) is 1.41. The molecule has 1 atom stereocenters. The van der Waals surface area contributed by atoms with Gasteiger partial charge in [0.1, 0.15) is 0 Å². The van der Waals surface area contributed by atoms with Gasteiger partial charge >= 0.3 is 46.9 Å². The Morgan fingerprint density at radius 2 is 2.33 bits per heavy atom. The Morgan fingerprint density at radius 1 is 1.67 bits per heavy atom. The first-order valence-electron chi connectivity index (χ1n) is 2.11. The molecule has 0 amide bonds. The number of hydrogen-bond donors (Lipinski definition) is 0. The van der Waals surface area contributed by atoms with Gasteiger partial charge in [0.05, 0.1) is 0 Å². The van der Waals surface area contributed by atoms with Crippen molar-refractivity contribution in [3.05, 3.63) is 0 Å². The van der Waals surface area contributed by atoms with Crippen molar-refractivity contribution in [1.29, 1.82) is 0 Å². The molecule has 1 nitrogen and oxygen atoms in total. The van der Waals surface area contributed by atoms with Gasteiger partial charge in [0.25, 0.3) is 0 Å². The second-order valence-corrected chi connectivity index (χ2v) is 2.35. The van der Waals surface area contributed by atoms with Crippen molar-refractivity contribution in [2.75, 3.05) is 13.7 Å². The van der Waals surface area contributed by atoms with Crippen LogP contribution in [0.25, 0.3) is 0 Å². The number of methoxy groups -OCH3 is 1. The summed E-state index contributed by atoms with van der Waals surface area (Å²) < 4.78 is 4.79. The zero-order valence-corrected chi connectivity index (χ0v) is 6.53. The Bertz CT molecular complexity index is 19.5. The van der Waals surface area contributed by atoms with E-state index in [2.05, 4.69) is 0 Å². The van der Waals surface area contributed by atoms with Gasteiger partial charge in [-0.05, 0) is 0 Å². The summed E-state index contributed by atoms with van der Waals surface area (Å²) >= 11 is 1.78. The van der Waals surface area contributed by atoms with Gasteiger partial charge in [-0.3, -0.25) is 0 Å². The van der Waals surface area contributed by atoms with Gasteiger partial charge in [-0.1, -0.05) is 0 Å². The molecule has 0 rings (SSSR count). The maximum absolute atomic E-state index is 4.79. The quantitative estimate of drug-likeness (QED) is 0.408. The molecule has 0 aliphatic heterocycles. The van der Waals surface area contributed by atoms with E-state index in [1.807, 2.05) is 0 Å². The summed E-state index contributed by atoms with van der Waals surface area (Å²) in [4.78, 5) is 0. The molecule has 0 radical (unpaired) electrons. The first-order valence-corrected chi connectivity index (χ1v) is 3.82. The van der Waals surface area contributed by atoms with Gasteiger partial charge in [-0.15, -0.1) is 0 Å². The summed E-state index contributed by atoms with van der Waals surface area (Å²) in [5, 5.41) is 1.29. The molecule has 0 saturated carbocycles. The van der Waals surface area contributed by atoms with Crippen molar-refractivity contribution in [2.24, 2.45) is 0 Å². The topological polar surface area (TPSA) is 9.23 Å². The van der Waals surface area contributed by atoms with E-state index in [9.17, 15) is 0 Å². The number of rotatable bonds is 3. The summed E-state index contributed by atoms with van der Waals surface area (Å²) in [6.07, 6.45) is 1.22. The normalized spacial score (nSPS) is 9.00. The first kappa shape index (κ1) is 6.52. The van der Waals surface area contributed by atoms with Crippen molar-refractivity contribution in [1.82, 2.24) is 0 Å². The van der Waals surface area contributed by atoms with Crippen LogP contribution in [0.3, 0.4) is 0 Å². The number of hydrogen-bond acceptors (Lipinski definition) is 1. The van der Waals surface area contributed by atoms with Crippen LogP contribution in [0.2, 0.25) is 5.21 Å². The molecule has 0 aromatic rings. The third kappa shape index (κ3) is 4.52. The molecule has 0 aromatic carbocycles. The molecule has 0 saturated heterocycles. The molecule has 0 N–H and O–H groups in total. The van der Waals surface area contributed by atoms with Crippen molar-refractivity contribution < 1.29 is 4.74 Å². The van der Waals surface area contributed by atoms with E-state index in [1.54, 1.807) is 24.0 Å². The van der Waals surface area contributed by atoms with Crippen LogP contribution >= 0.6 is 0 Å². The van der Waals surface area contributed by atoms with Crippen LogP contribution in [0, 0.1) is 0 Å². The van der Waals surface area contributed by atoms with Crippen LogP contribution in [-0.4, -0.2) is 30.6 Å². The van der Waals surface area contributed by atoms with Gasteiger partial charge < -0.3 is 0 Å². The molecule has 0 aromatic heterocycles. The summed E-state index contributed by atoms with van der Waals surface area (Å²) in [6.45, 7) is 0.929. The molecule has 0 bridgehead atoms. The average Bonchev–Trinajstić information content (AvgIpc) is 1.61. The fourth-order valence-corrected chi connectivity index (χ4v) is 0.577.